The summed E-state index contributed by atoms with van der Waals surface area (Å²) in [4.78, 5) is 36.6. The summed E-state index contributed by atoms with van der Waals surface area (Å²) in [5.41, 5.74) is 0.815. The molecule has 1 aliphatic rings. The highest BCUT2D eigenvalue weighted by Crippen LogP contribution is 2.32. The second-order valence-electron chi connectivity index (χ2n) is 4.36. The number of thioether (sulfide) groups is 1. The first-order valence-corrected chi connectivity index (χ1v) is 7.27. The first kappa shape index (κ1) is 15.3. The van der Waals surface area contributed by atoms with E-state index in [-0.39, 0.29) is 11.6 Å². The van der Waals surface area contributed by atoms with E-state index in [0.29, 0.717) is 27.5 Å². The Labute approximate surface area is 126 Å². The third-order valence-electron chi connectivity index (χ3n) is 2.80. The van der Waals surface area contributed by atoms with Crippen LogP contribution in [-0.4, -0.2) is 24.1 Å². The maximum atomic E-state index is 12.3. The van der Waals surface area contributed by atoms with Crippen molar-refractivity contribution in [3.8, 4) is 0 Å². The third-order valence-corrected chi connectivity index (χ3v) is 3.76. The van der Waals surface area contributed by atoms with E-state index < -0.39 is 5.97 Å². The van der Waals surface area contributed by atoms with Crippen LogP contribution in [-0.2, 0) is 9.53 Å². The number of esters is 1. The van der Waals surface area contributed by atoms with Crippen LogP contribution in [0, 0.1) is 0 Å². The molecule has 0 amide bonds. The van der Waals surface area contributed by atoms with E-state index in [1.54, 1.807) is 38.1 Å². The molecule has 21 heavy (non-hydrogen) atoms. The van der Waals surface area contributed by atoms with Gasteiger partial charge in [0.05, 0.1) is 11.5 Å². The summed E-state index contributed by atoms with van der Waals surface area (Å²) in [6.45, 7) is 3.71. The summed E-state index contributed by atoms with van der Waals surface area (Å²) in [6, 6.07) is 6.71. The molecule has 1 aromatic rings. The van der Waals surface area contributed by atoms with E-state index in [4.69, 9.17) is 4.74 Å². The van der Waals surface area contributed by atoms with Crippen LogP contribution >= 0.6 is 11.8 Å². The number of benzene rings is 1. The van der Waals surface area contributed by atoms with Crippen LogP contribution in [0.15, 0.2) is 46.2 Å². The predicted octanol–water partition coefficient (Wildman–Crippen LogP) is 3.15. The number of hydrogen-bond acceptors (Lipinski definition) is 5. The first-order valence-electron chi connectivity index (χ1n) is 6.45. The molecule has 108 valence electrons. The summed E-state index contributed by atoms with van der Waals surface area (Å²) in [5, 5.41) is 0. The Kier molecular flexibility index (Phi) is 4.75. The van der Waals surface area contributed by atoms with Gasteiger partial charge in [0.1, 0.15) is 0 Å². The van der Waals surface area contributed by atoms with Crippen LogP contribution in [0.1, 0.15) is 34.6 Å². The van der Waals surface area contributed by atoms with Gasteiger partial charge < -0.3 is 4.74 Å². The Morgan fingerprint density at radius 1 is 1.24 bits per heavy atom. The van der Waals surface area contributed by atoms with E-state index in [9.17, 15) is 14.4 Å². The molecule has 1 aliphatic carbocycles. The summed E-state index contributed by atoms with van der Waals surface area (Å²) in [6.07, 6.45) is 2.63. The number of ketones is 2. The molecule has 0 spiro atoms. The zero-order valence-corrected chi connectivity index (χ0v) is 12.5. The van der Waals surface area contributed by atoms with Gasteiger partial charge in [-0.2, -0.15) is 0 Å². The molecule has 5 heteroatoms. The van der Waals surface area contributed by atoms with Gasteiger partial charge in [0.25, 0.3) is 0 Å². The van der Waals surface area contributed by atoms with Gasteiger partial charge >= 0.3 is 5.97 Å². The van der Waals surface area contributed by atoms with Gasteiger partial charge in [-0.1, -0.05) is 36.0 Å². The molecule has 0 saturated carbocycles. The van der Waals surface area contributed by atoms with Crippen LogP contribution < -0.4 is 0 Å². The van der Waals surface area contributed by atoms with Gasteiger partial charge in [-0.3, -0.25) is 9.59 Å². The standard InChI is InChI=1S/C16H14O4S/c1-3-20-15(18)8-10(2)21-14-9-13(17)11-6-4-5-7-12(11)16(14)19/h4-9H,3H2,1-2H3. The van der Waals surface area contributed by atoms with E-state index in [0.717, 1.165) is 11.8 Å². The van der Waals surface area contributed by atoms with Crippen molar-refractivity contribution >= 4 is 29.3 Å². The predicted molar refractivity (Wildman–Crippen MR) is 81.2 cm³/mol. The normalized spacial score (nSPS) is 14.6. The van der Waals surface area contributed by atoms with Gasteiger partial charge in [-0.15, -0.1) is 0 Å². The van der Waals surface area contributed by atoms with Gasteiger partial charge in [-0.05, 0) is 18.8 Å². The maximum absolute atomic E-state index is 12.3. The molecule has 1 aromatic carbocycles. The highest BCUT2D eigenvalue weighted by molar-refractivity contribution is 8.07. The average molecular weight is 302 g/mol. The lowest BCUT2D eigenvalue weighted by Gasteiger charge is -2.14. The SMILES string of the molecule is CCOC(=O)C=C(C)SC1=CC(=O)c2ccccc2C1=O. The van der Waals surface area contributed by atoms with E-state index in [1.807, 2.05) is 0 Å². The Hall–Kier alpha value is -2.14. The largest absolute Gasteiger partial charge is 0.463 e. The Bertz CT molecular complexity index is 671. The molecule has 0 fully saturated rings. The molecular formula is C16H14O4S. The second kappa shape index (κ2) is 6.54. The van der Waals surface area contributed by atoms with E-state index >= 15 is 0 Å². The minimum absolute atomic E-state index is 0.198. The van der Waals surface area contributed by atoms with Crippen LogP contribution in [0.3, 0.4) is 0 Å². The first-order chi connectivity index (χ1) is 10.0. The zero-order chi connectivity index (χ0) is 15.4. The van der Waals surface area contributed by atoms with Crippen LogP contribution in [0.5, 0.6) is 0 Å². The Morgan fingerprint density at radius 3 is 2.57 bits per heavy atom. The second-order valence-corrected chi connectivity index (χ2v) is 5.64. The fourth-order valence-electron chi connectivity index (χ4n) is 1.92. The average Bonchev–Trinajstić information content (AvgIpc) is 2.44. The lowest BCUT2D eigenvalue weighted by molar-refractivity contribution is -0.137. The van der Waals surface area contributed by atoms with Crippen molar-refractivity contribution in [3.05, 3.63) is 57.4 Å². The number of Topliss-reactive ketones (excluding diaryl/α,β-unsaturated/α-hetero) is 1. The van der Waals surface area contributed by atoms with Crippen molar-refractivity contribution in [2.45, 2.75) is 13.8 Å². The quantitative estimate of drug-likeness (QED) is 0.631. The molecule has 0 aromatic heterocycles. The van der Waals surface area contributed by atoms with Crippen LogP contribution in [0.25, 0.3) is 0 Å². The summed E-state index contributed by atoms with van der Waals surface area (Å²) in [5.74, 6) is -0.860. The monoisotopic (exact) mass is 302 g/mol. The highest BCUT2D eigenvalue weighted by Gasteiger charge is 2.25. The van der Waals surface area contributed by atoms with Crippen molar-refractivity contribution in [3.63, 3.8) is 0 Å². The van der Waals surface area contributed by atoms with Gasteiger partial charge in [-0.25, -0.2) is 4.79 Å². The number of hydrogen-bond donors (Lipinski definition) is 0. The molecule has 2 rings (SSSR count). The molecule has 4 nitrogen and oxygen atoms in total. The lowest BCUT2D eigenvalue weighted by Crippen LogP contribution is -2.15. The van der Waals surface area contributed by atoms with E-state index in [1.165, 1.54) is 12.2 Å². The zero-order valence-electron chi connectivity index (χ0n) is 11.7. The molecule has 0 aliphatic heterocycles. The van der Waals surface area contributed by atoms with Crippen molar-refractivity contribution in [1.82, 2.24) is 0 Å². The fraction of sp³-hybridized carbons (Fsp3) is 0.188. The van der Waals surface area contributed by atoms with Gasteiger partial charge in [0.2, 0.25) is 5.78 Å². The number of allylic oxidation sites excluding steroid dienone is 3. The summed E-state index contributed by atoms with van der Waals surface area (Å²) in [7, 11) is 0. The van der Waals surface area contributed by atoms with Gasteiger partial charge in [0, 0.05) is 23.3 Å². The molecule has 0 bridgehead atoms. The fourth-order valence-corrected chi connectivity index (χ4v) is 2.79. The smallest absolute Gasteiger partial charge is 0.331 e. The summed E-state index contributed by atoms with van der Waals surface area (Å²) < 4.78 is 4.81. The van der Waals surface area contributed by atoms with Crippen LogP contribution in [0.4, 0.5) is 0 Å². The molecule has 0 unspecified atom stereocenters. The topological polar surface area (TPSA) is 60.4 Å². The molecule has 0 saturated heterocycles. The third kappa shape index (κ3) is 3.49. The maximum Gasteiger partial charge on any atom is 0.331 e. The number of carbonyl (C=O) groups is 3. The highest BCUT2D eigenvalue weighted by atomic mass is 32.2. The number of carbonyl (C=O) groups excluding carboxylic acids is 3. The van der Waals surface area contributed by atoms with Crippen LogP contribution in [0.2, 0.25) is 0 Å². The van der Waals surface area contributed by atoms with Crippen molar-refractivity contribution in [1.29, 1.82) is 0 Å². The molecule has 0 N–H and O–H groups in total. The number of ether oxygens (including phenoxy) is 1. The molecular weight excluding hydrogens is 288 g/mol. The summed E-state index contributed by atoms with van der Waals surface area (Å²) >= 11 is 1.10. The lowest BCUT2D eigenvalue weighted by atomic mass is 9.95. The van der Waals surface area contributed by atoms with E-state index in [2.05, 4.69) is 0 Å². The minimum atomic E-state index is -0.460. The number of fused-ring (bicyclic) bond motifs is 1. The van der Waals surface area contributed by atoms with Crippen molar-refractivity contribution in [2.75, 3.05) is 6.61 Å². The molecule has 0 heterocycles. The van der Waals surface area contributed by atoms with Crippen molar-refractivity contribution in [2.24, 2.45) is 0 Å². The molecule has 0 radical (unpaired) electrons. The van der Waals surface area contributed by atoms with Crippen molar-refractivity contribution < 1.29 is 19.1 Å². The van der Waals surface area contributed by atoms with Gasteiger partial charge in [0.15, 0.2) is 5.78 Å². The number of rotatable bonds is 4. The molecule has 0 atom stereocenters. The Balaban J connectivity index is 2.21. The minimum Gasteiger partial charge on any atom is -0.463 e. The Morgan fingerprint density at radius 2 is 1.90 bits per heavy atom.